The van der Waals surface area contributed by atoms with Crippen LogP contribution in [-0.4, -0.2) is 39.0 Å². The van der Waals surface area contributed by atoms with Gasteiger partial charge in [-0.2, -0.15) is 5.26 Å². The van der Waals surface area contributed by atoms with Crippen LogP contribution in [0.15, 0.2) is 29.2 Å². The number of carbonyl (C=O) groups is 2. The number of esters is 1. The molecule has 8 nitrogen and oxygen atoms in total. The van der Waals surface area contributed by atoms with Gasteiger partial charge in [-0.15, -0.1) is 0 Å². The maximum atomic E-state index is 12.4. The number of carbonyl (C=O) groups excluding carboxylic acids is 2. The Kier molecular flexibility index (Phi) is 6.57. The van der Waals surface area contributed by atoms with Crippen molar-refractivity contribution in [1.29, 1.82) is 5.26 Å². The molecule has 1 aromatic rings. The van der Waals surface area contributed by atoms with Crippen molar-refractivity contribution in [3.05, 3.63) is 29.8 Å². The summed E-state index contributed by atoms with van der Waals surface area (Å²) in [5.74, 6) is -1.37. The summed E-state index contributed by atoms with van der Waals surface area (Å²) < 4.78 is 31.0. The average molecular weight is 393 g/mol. The predicted molar refractivity (Wildman–Crippen MR) is 97.1 cm³/mol. The van der Waals surface area contributed by atoms with Crippen LogP contribution >= 0.6 is 0 Å². The summed E-state index contributed by atoms with van der Waals surface area (Å²) in [6.45, 7) is 1.41. The van der Waals surface area contributed by atoms with Gasteiger partial charge in [-0.3, -0.25) is 4.79 Å². The zero-order valence-corrected chi connectivity index (χ0v) is 16.1. The lowest BCUT2D eigenvalue weighted by molar-refractivity contribution is -0.130. The number of hydrogen-bond acceptors (Lipinski definition) is 6. The number of rotatable bonds is 6. The van der Waals surface area contributed by atoms with Gasteiger partial charge >= 0.3 is 5.97 Å². The molecule has 27 heavy (non-hydrogen) atoms. The first-order valence-electron chi connectivity index (χ1n) is 8.71. The van der Waals surface area contributed by atoms with Gasteiger partial charge in [0.05, 0.1) is 16.5 Å². The van der Waals surface area contributed by atoms with Crippen LogP contribution in [0.2, 0.25) is 0 Å². The van der Waals surface area contributed by atoms with Crippen LogP contribution in [0.3, 0.4) is 0 Å². The van der Waals surface area contributed by atoms with Crippen LogP contribution in [0.1, 0.15) is 49.4 Å². The zero-order valence-electron chi connectivity index (χ0n) is 15.3. The van der Waals surface area contributed by atoms with Crippen molar-refractivity contribution in [1.82, 2.24) is 10.0 Å². The number of hydrogen-bond donors (Lipinski definition) is 2. The second-order valence-corrected chi connectivity index (χ2v) is 8.41. The smallest absolute Gasteiger partial charge is 0.338 e. The highest BCUT2D eigenvalue weighted by molar-refractivity contribution is 7.89. The number of nitrogens with one attached hydrogen (secondary N) is 2. The topological polar surface area (TPSA) is 125 Å². The summed E-state index contributed by atoms with van der Waals surface area (Å²) in [6, 6.07) is 7.51. The molecule has 146 valence electrons. The van der Waals surface area contributed by atoms with E-state index in [1.165, 1.54) is 38.2 Å². The molecule has 0 aromatic heterocycles. The molecule has 0 saturated heterocycles. The standard InChI is InChI=1S/C18H23N3O5S/c1-13(16(22)21-18(12-19)9-4-3-5-10-18)26-17(23)14-7-6-8-15(11-14)27(24,25)20-2/h6-8,11,13,20H,3-5,9-10H2,1-2H3,(H,21,22)/t13-/m0/s1. The van der Waals surface area contributed by atoms with Gasteiger partial charge in [-0.05, 0) is 45.0 Å². The molecule has 0 spiro atoms. The normalized spacial score (nSPS) is 17.4. The number of sulfonamides is 1. The van der Waals surface area contributed by atoms with E-state index in [4.69, 9.17) is 4.74 Å². The summed E-state index contributed by atoms with van der Waals surface area (Å²) >= 11 is 0. The maximum Gasteiger partial charge on any atom is 0.338 e. The van der Waals surface area contributed by atoms with Crippen molar-refractivity contribution >= 4 is 21.9 Å². The van der Waals surface area contributed by atoms with Crippen LogP contribution in [0.4, 0.5) is 0 Å². The van der Waals surface area contributed by atoms with E-state index in [2.05, 4.69) is 16.1 Å². The van der Waals surface area contributed by atoms with E-state index < -0.39 is 33.5 Å². The van der Waals surface area contributed by atoms with E-state index in [-0.39, 0.29) is 10.5 Å². The first-order valence-corrected chi connectivity index (χ1v) is 10.2. The van der Waals surface area contributed by atoms with Crippen LogP contribution in [0, 0.1) is 11.3 Å². The fourth-order valence-electron chi connectivity index (χ4n) is 2.95. The lowest BCUT2D eigenvalue weighted by Crippen LogP contribution is -2.52. The quantitative estimate of drug-likeness (QED) is 0.705. The minimum absolute atomic E-state index is 0.0126. The molecule has 0 radical (unpaired) electrons. The van der Waals surface area contributed by atoms with Crippen molar-refractivity contribution in [2.24, 2.45) is 0 Å². The van der Waals surface area contributed by atoms with Gasteiger partial charge in [0.2, 0.25) is 10.0 Å². The Hall–Kier alpha value is -2.44. The molecule has 0 bridgehead atoms. The maximum absolute atomic E-state index is 12.4. The molecule has 1 aliphatic carbocycles. The summed E-state index contributed by atoms with van der Waals surface area (Å²) in [6.07, 6.45) is 2.76. The van der Waals surface area contributed by atoms with Crippen molar-refractivity contribution in [3.63, 3.8) is 0 Å². The highest BCUT2D eigenvalue weighted by atomic mass is 32.2. The second kappa shape index (κ2) is 8.50. The molecule has 1 atom stereocenters. The minimum atomic E-state index is -3.70. The molecule has 1 amide bonds. The fourth-order valence-corrected chi connectivity index (χ4v) is 3.72. The number of amides is 1. The van der Waals surface area contributed by atoms with Gasteiger partial charge in [0, 0.05) is 0 Å². The molecule has 2 rings (SSSR count). The Morgan fingerprint density at radius 3 is 2.52 bits per heavy atom. The Bertz CT molecular complexity index is 854. The van der Waals surface area contributed by atoms with Gasteiger partial charge in [-0.25, -0.2) is 17.9 Å². The molecular weight excluding hydrogens is 370 g/mol. The van der Waals surface area contributed by atoms with Gasteiger partial charge in [0.25, 0.3) is 5.91 Å². The van der Waals surface area contributed by atoms with Crippen molar-refractivity contribution in [2.45, 2.75) is 55.6 Å². The third-order valence-corrected chi connectivity index (χ3v) is 6.00. The summed E-state index contributed by atoms with van der Waals surface area (Å²) in [5, 5.41) is 12.1. The van der Waals surface area contributed by atoms with Crippen LogP contribution in [0.5, 0.6) is 0 Å². The third-order valence-electron chi connectivity index (χ3n) is 4.59. The molecule has 1 fully saturated rings. The van der Waals surface area contributed by atoms with E-state index in [1.807, 2.05) is 0 Å². The Morgan fingerprint density at radius 1 is 1.26 bits per heavy atom. The molecule has 1 aliphatic rings. The van der Waals surface area contributed by atoms with Gasteiger partial charge in [-0.1, -0.05) is 25.3 Å². The summed E-state index contributed by atoms with van der Waals surface area (Å²) in [4.78, 5) is 24.6. The molecule has 9 heteroatoms. The zero-order chi connectivity index (χ0) is 20.1. The molecule has 1 saturated carbocycles. The fraction of sp³-hybridized carbons (Fsp3) is 0.500. The van der Waals surface area contributed by atoms with Crippen molar-refractivity contribution in [2.75, 3.05) is 7.05 Å². The highest BCUT2D eigenvalue weighted by Gasteiger charge is 2.35. The molecule has 2 N–H and O–H groups in total. The molecule has 0 aliphatic heterocycles. The third kappa shape index (κ3) is 5.05. The van der Waals surface area contributed by atoms with Crippen LogP contribution < -0.4 is 10.0 Å². The average Bonchev–Trinajstić information content (AvgIpc) is 2.68. The van der Waals surface area contributed by atoms with E-state index in [9.17, 15) is 23.3 Å². The second-order valence-electron chi connectivity index (χ2n) is 6.53. The first kappa shape index (κ1) is 20.9. The first-order chi connectivity index (χ1) is 12.7. The largest absolute Gasteiger partial charge is 0.449 e. The summed E-state index contributed by atoms with van der Waals surface area (Å²) in [5.41, 5.74) is -0.907. The molecule has 0 heterocycles. The Labute approximate surface area is 158 Å². The van der Waals surface area contributed by atoms with E-state index in [1.54, 1.807) is 0 Å². The number of benzene rings is 1. The monoisotopic (exact) mass is 393 g/mol. The number of nitriles is 1. The van der Waals surface area contributed by atoms with E-state index in [0.29, 0.717) is 12.8 Å². The molecule has 0 unspecified atom stereocenters. The predicted octanol–water partition coefficient (Wildman–Crippen LogP) is 1.48. The van der Waals surface area contributed by atoms with Crippen molar-refractivity contribution < 1.29 is 22.7 Å². The van der Waals surface area contributed by atoms with Gasteiger partial charge in [0.15, 0.2) is 6.10 Å². The SMILES string of the molecule is CNS(=O)(=O)c1cccc(C(=O)O[C@@H](C)C(=O)NC2(C#N)CCCCC2)c1. The Morgan fingerprint density at radius 2 is 1.93 bits per heavy atom. The molecule has 1 aromatic carbocycles. The lowest BCUT2D eigenvalue weighted by Gasteiger charge is -2.32. The van der Waals surface area contributed by atoms with E-state index >= 15 is 0 Å². The van der Waals surface area contributed by atoms with Crippen LogP contribution in [-0.2, 0) is 19.6 Å². The van der Waals surface area contributed by atoms with E-state index in [0.717, 1.165) is 19.3 Å². The number of ether oxygens (including phenoxy) is 1. The van der Waals surface area contributed by atoms with Crippen molar-refractivity contribution in [3.8, 4) is 6.07 Å². The Balaban J connectivity index is 2.06. The summed E-state index contributed by atoms with van der Waals surface area (Å²) in [7, 11) is -2.44. The highest BCUT2D eigenvalue weighted by Crippen LogP contribution is 2.27. The minimum Gasteiger partial charge on any atom is -0.449 e. The van der Waals surface area contributed by atoms with Gasteiger partial charge < -0.3 is 10.1 Å². The number of nitrogens with zero attached hydrogens (tertiary/aromatic N) is 1. The van der Waals surface area contributed by atoms with Gasteiger partial charge in [0.1, 0.15) is 5.54 Å². The van der Waals surface area contributed by atoms with Crippen LogP contribution in [0.25, 0.3) is 0 Å². The lowest BCUT2D eigenvalue weighted by atomic mass is 9.83. The molecular formula is C18H23N3O5S.